The molecule has 14 nitrogen and oxygen atoms in total. The van der Waals surface area contributed by atoms with Crippen LogP contribution >= 0.6 is 0 Å². The SMILES string of the molecule is N=C(OCC(F)([N+](=O)[O-])[N+](=O)[O-])C(F)([N+](=O)[O-])[N+](=O)[O-]. The lowest BCUT2D eigenvalue weighted by Gasteiger charge is -2.11. The second kappa shape index (κ2) is 5.28. The lowest BCUT2D eigenvalue weighted by molar-refractivity contribution is -0.833. The number of halogens is 2. The van der Waals surface area contributed by atoms with Crippen LogP contribution in [0.3, 0.4) is 0 Å². The zero-order chi connectivity index (χ0) is 16.3. The largest absolute Gasteiger partial charge is 0.693 e. The lowest BCUT2D eigenvalue weighted by Crippen LogP contribution is -2.53. The van der Waals surface area contributed by atoms with E-state index in [1.54, 1.807) is 0 Å². The topological polar surface area (TPSA) is 206 Å². The highest BCUT2D eigenvalue weighted by Gasteiger charge is 2.68. The number of rotatable bonds is 7. The van der Waals surface area contributed by atoms with Gasteiger partial charge in [0, 0.05) is 0 Å². The fourth-order valence-corrected chi connectivity index (χ4v) is 0.660. The first kappa shape index (κ1) is 16.9. The molecule has 0 amide bonds. The fraction of sp³-hybridized carbons (Fsp3) is 0.750. The van der Waals surface area contributed by atoms with Crippen molar-refractivity contribution in [2.45, 2.75) is 11.8 Å². The monoisotopic (exact) mass is 303 g/mol. The smallest absolute Gasteiger partial charge is 0.448 e. The first-order chi connectivity index (χ1) is 8.90. The van der Waals surface area contributed by atoms with E-state index in [0.717, 1.165) is 0 Å². The number of nitro groups is 4. The summed E-state index contributed by atoms with van der Waals surface area (Å²) in [6.07, 6.45) is 0. The van der Waals surface area contributed by atoms with Gasteiger partial charge in [-0.3, -0.25) is 45.9 Å². The van der Waals surface area contributed by atoms with Crippen LogP contribution < -0.4 is 0 Å². The highest BCUT2D eigenvalue weighted by atomic mass is 19.2. The van der Waals surface area contributed by atoms with Gasteiger partial charge in [-0.15, -0.1) is 0 Å². The van der Waals surface area contributed by atoms with Gasteiger partial charge in [0.15, 0.2) is 0 Å². The Morgan fingerprint density at radius 3 is 1.55 bits per heavy atom. The number of nitrogens with zero attached hydrogens (tertiary/aromatic N) is 4. The molecule has 0 aromatic rings. The number of ether oxygens (including phenoxy) is 1. The van der Waals surface area contributed by atoms with Gasteiger partial charge in [-0.05, 0) is 0 Å². The normalized spacial score (nSPS) is 11.5. The average Bonchev–Trinajstić information content (AvgIpc) is 2.32. The molecule has 0 aliphatic rings. The molecular formula is C4H3F2N5O9. The molecule has 0 atom stereocenters. The summed E-state index contributed by atoms with van der Waals surface area (Å²) in [5.41, 5.74) is 0. The van der Waals surface area contributed by atoms with E-state index in [2.05, 4.69) is 4.74 Å². The van der Waals surface area contributed by atoms with E-state index < -0.39 is 44.0 Å². The Kier molecular flexibility index (Phi) is 4.47. The molecule has 0 bridgehead atoms. The molecule has 0 saturated heterocycles. The molecule has 0 rings (SSSR count). The van der Waals surface area contributed by atoms with Crippen LogP contribution in [0, 0.1) is 45.9 Å². The van der Waals surface area contributed by atoms with Crippen LogP contribution in [0.5, 0.6) is 0 Å². The highest BCUT2D eigenvalue weighted by Crippen LogP contribution is 2.19. The summed E-state index contributed by atoms with van der Waals surface area (Å²) in [6.45, 7) is -2.28. The molecular weight excluding hydrogens is 300 g/mol. The van der Waals surface area contributed by atoms with Gasteiger partial charge in [0.25, 0.3) is 6.61 Å². The van der Waals surface area contributed by atoms with E-state index in [-0.39, 0.29) is 0 Å². The minimum Gasteiger partial charge on any atom is -0.448 e. The number of alkyl halides is 2. The zero-order valence-corrected chi connectivity index (χ0v) is 8.93. The standard InChI is InChI=1S/C4H3F2N5O9/c5-3(8(12)13,9(14)15)1-20-2(7)4(6,10(16)17)11(18)19/h7H,1H2. The van der Waals surface area contributed by atoms with Crippen LogP contribution in [0.25, 0.3) is 0 Å². The van der Waals surface area contributed by atoms with Crippen molar-refractivity contribution in [1.82, 2.24) is 0 Å². The van der Waals surface area contributed by atoms with Crippen LogP contribution in [0.1, 0.15) is 0 Å². The molecule has 16 heteroatoms. The van der Waals surface area contributed by atoms with E-state index in [1.165, 1.54) is 0 Å². The minimum absolute atomic E-state index is 2.13. The molecule has 20 heavy (non-hydrogen) atoms. The maximum atomic E-state index is 13.2. The first-order valence-corrected chi connectivity index (χ1v) is 4.08. The second-order valence-corrected chi connectivity index (χ2v) is 2.95. The Labute approximate surface area is 105 Å². The third-order valence-corrected chi connectivity index (χ3v) is 1.73. The van der Waals surface area contributed by atoms with Crippen molar-refractivity contribution < 1.29 is 33.2 Å². The Hall–Kier alpha value is -3.07. The molecule has 0 aromatic carbocycles. The van der Waals surface area contributed by atoms with E-state index >= 15 is 0 Å². The van der Waals surface area contributed by atoms with Crippen LogP contribution in [-0.4, -0.2) is 44.0 Å². The quantitative estimate of drug-likeness (QED) is 0.158. The van der Waals surface area contributed by atoms with Gasteiger partial charge < -0.3 is 4.74 Å². The molecule has 112 valence electrons. The van der Waals surface area contributed by atoms with Gasteiger partial charge >= 0.3 is 17.7 Å². The molecule has 1 N–H and O–H groups in total. The van der Waals surface area contributed by atoms with Crippen molar-refractivity contribution in [2.75, 3.05) is 6.61 Å². The Morgan fingerprint density at radius 1 is 0.950 bits per heavy atom. The second-order valence-electron chi connectivity index (χ2n) is 2.95. The Morgan fingerprint density at radius 2 is 1.30 bits per heavy atom. The van der Waals surface area contributed by atoms with Crippen molar-refractivity contribution in [3.63, 3.8) is 0 Å². The van der Waals surface area contributed by atoms with Crippen molar-refractivity contribution in [3.8, 4) is 0 Å². The van der Waals surface area contributed by atoms with Crippen LogP contribution in [0.4, 0.5) is 8.78 Å². The van der Waals surface area contributed by atoms with Gasteiger partial charge in [0.2, 0.25) is 0 Å². The summed E-state index contributed by atoms with van der Waals surface area (Å²) >= 11 is 0. The third-order valence-electron chi connectivity index (χ3n) is 1.73. The van der Waals surface area contributed by atoms with Crippen LogP contribution in [0.2, 0.25) is 0 Å². The zero-order valence-electron chi connectivity index (χ0n) is 8.93. The maximum absolute atomic E-state index is 13.2. The number of hydrogen-bond acceptors (Lipinski definition) is 10. The lowest BCUT2D eigenvalue weighted by atomic mass is 10.4. The van der Waals surface area contributed by atoms with Crippen molar-refractivity contribution in [3.05, 3.63) is 40.5 Å². The molecule has 0 saturated carbocycles. The van der Waals surface area contributed by atoms with Crippen molar-refractivity contribution >= 4 is 5.90 Å². The molecule has 0 aliphatic heterocycles. The summed E-state index contributed by atoms with van der Waals surface area (Å²) in [5, 5.41) is 46.9. The maximum Gasteiger partial charge on any atom is 0.693 e. The molecule has 0 aromatic heterocycles. The summed E-state index contributed by atoms with van der Waals surface area (Å²) in [5.74, 6) is -11.9. The van der Waals surface area contributed by atoms with Gasteiger partial charge in [-0.25, -0.2) is 0 Å². The molecule has 0 spiro atoms. The Bertz CT molecular complexity index is 465. The van der Waals surface area contributed by atoms with E-state index in [4.69, 9.17) is 5.41 Å². The Balaban J connectivity index is 5.21. The predicted octanol–water partition coefficient (Wildman–Crippen LogP) is -0.666. The van der Waals surface area contributed by atoms with Crippen molar-refractivity contribution in [2.24, 2.45) is 0 Å². The molecule has 0 fully saturated rings. The minimum atomic E-state index is -4.85. The van der Waals surface area contributed by atoms with E-state index in [9.17, 15) is 49.2 Å². The number of nitrogens with one attached hydrogen (secondary N) is 1. The summed E-state index contributed by atoms with van der Waals surface area (Å²) in [6, 6.07) is 0. The van der Waals surface area contributed by atoms with Gasteiger partial charge in [-0.2, -0.15) is 0 Å². The first-order valence-electron chi connectivity index (χ1n) is 4.08. The summed E-state index contributed by atoms with van der Waals surface area (Å²) < 4.78 is 29.8. The van der Waals surface area contributed by atoms with Gasteiger partial charge in [-0.1, -0.05) is 8.78 Å². The van der Waals surface area contributed by atoms with Crippen LogP contribution in [0.15, 0.2) is 0 Å². The molecule has 0 aliphatic carbocycles. The third kappa shape index (κ3) is 2.67. The molecule has 0 unspecified atom stereocenters. The number of hydrogen-bond donors (Lipinski definition) is 1. The van der Waals surface area contributed by atoms with Crippen molar-refractivity contribution in [1.29, 1.82) is 5.41 Å². The predicted molar refractivity (Wildman–Crippen MR) is 49.3 cm³/mol. The summed E-state index contributed by atoms with van der Waals surface area (Å²) in [4.78, 5) is 31.6. The summed E-state index contributed by atoms with van der Waals surface area (Å²) in [7, 11) is 0. The molecule has 0 radical (unpaired) electrons. The average molecular weight is 303 g/mol. The van der Waals surface area contributed by atoms with Crippen LogP contribution in [-0.2, 0) is 4.74 Å². The van der Waals surface area contributed by atoms with Gasteiger partial charge in [0.05, 0.1) is 0 Å². The van der Waals surface area contributed by atoms with E-state index in [1.807, 2.05) is 0 Å². The van der Waals surface area contributed by atoms with Gasteiger partial charge in [0.1, 0.15) is 19.7 Å². The highest BCUT2D eigenvalue weighted by molar-refractivity contribution is 5.78. The fourth-order valence-electron chi connectivity index (χ4n) is 0.660. The molecule has 0 heterocycles. The van der Waals surface area contributed by atoms with E-state index in [0.29, 0.717) is 0 Å².